The minimum absolute atomic E-state index is 0.537. The van der Waals surface area contributed by atoms with Crippen LogP contribution in [-0.2, 0) is 13.2 Å². The first-order valence-corrected chi connectivity index (χ1v) is 13.4. The molecule has 0 aliphatic carbocycles. The summed E-state index contributed by atoms with van der Waals surface area (Å²) in [6, 6.07) is 16.2. The summed E-state index contributed by atoms with van der Waals surface area (Å²) in [6.07, 6.45) is 5.29. The van der Waals surface area contributed by atoms with Gasteiger partial charge < -0.3 is 0 Å². The van der Waals surface area contributed by atoms with Crippen molar-refractivity contribution in [3.63, 3.8) is 0 Å². The van der Waals surface area contributed by atoms with Crippen LogP contribution in [0.25, 0.3) is 10.9 Å². The van der Waals surface area contributed by atoms with Crippen molar-refractivity contribution in [3.8, 4) is 5.75 Å². The van der Waals surface area contributed by atoms with Gasteiger partial charge in [-0.2, -0.15) is 0 Å². The molecule has 0 spiro atoms. The average molecular weight is 665 g/mol. The summed E-state index contributed by atoms with van der Waals surface area (Å²) in [4.78, 5) is 0. The molecule has 1 atom stereocenters. The van der Waals surface area contributed by atoms with Crippen LogP contribution in [-0.4, -0.2) is 46.4 Å². The van der Waals surface area contributed by atoms with E-state index in [-0.39, 0.29) is 0 Å². The van der Waals surface area contributed by atoms with Crippen LogP contribution in [0.5, 0.6) is 5.75 Å². The number of benzene rings is 2. The molecule has 0 amide bonds. The van der Waals surface area contributed by atoms with E-state index in [1.165, 1.54) is 55.4 Å². The van der Waals surface area contributed by atoms with Gasteiger partial charge >= 0.3 is 175 Å². The molecule has 0 radical (unpaired) electrons. The maximum atomic E-state index is 6.10. The molecule has 0 saturated carbocycles. The summed E-state index contributed by atoms with van der Waals surface area (Å²) in [7, 11) is 0. The number of hydrogen-bond acceptors (Lipinski definition) is 2. The van der Waals surface area contributed by atoms with E-state index in [1.54, 1.807) is 0 Å². The molecule has 1 aliphatic rings. The smallest absolute Gasteiger partial charge is 0.0398 e. The van der Waals surface area contributed by atoms with Crippen molar-refractivity contribution in [3.05, 3.63) is 63.7 Å². The third-order valence-corrected chi connectivity index (χ3v) is 8.70. The van der Waals surface area contributed by atoms with E-state index in [1.807, 2.05) is 24.3 Å². The first-order chi connectivity index (χ1) is 14.1. The van der Waals surface area contributed by atoms with Crippen molar-refractivity contribution < 1.29 is 4.74 Å². The van der Waals surface area contributed by atoms with Gasteiger partial charge in [-0.1, -0.05) is 11.6 Å². The van der Waals surface area contributed by atoms with E-state index < -0.39 is 0 Å². The number of nitrogens with zero attached hydrogens (tertiary/aromatic N) is 2. The molecule has 0 bridgehead atoms. The van der Waals surface area contributed by atoms with Crippen LogP contribution in [0.2, 0.25) is 5.02 Å². The van der Waals surface area contributed by atoms with E-state index >= 15 is 0 Å². The summed E-state index contributed by atoms with van der Waals surface area (Å²) in [5.74, 6) is 1.71. The molecule has 1 aliphatic heterocycles. The normalized spacial score (nSPS) is 17.6. The second kappa shape index (κ2) is 10.2. The Bertz CT molecular complexity index is 959. The maximum absolute atomic E-state index is 6.10. The van der Waals surface area contributed by atoms with Crippen LogP contribution >= 0.6 is 27.5 Å². The SMILES string of the molecule is Clc1ccc(OCc2c(Br)c3ccccc3n2CCCC2CCC[N]([Tl])C2)cc1. The molecule has 1 aromatic heterocycles. The Kier molecular flexibility index (Phi) is 7.59. The van der Waals surface area contributed by atoms with Crippen LogP contribution in [0, 0.1) is 5.92 Å². The van der Waals surface area contributed by atoms with E-state index in [4.69, 9.17) is 16.3 Å². The van der Waals surface area contributed by atoms with E-state index in [9.17, 15) is 0 Å². The Morgan fingerprint density at radius 3 is 2.72 bits per heavy atom. The minimum atomic E-state index is 0.537. The number of piperidine rings is 1. The number of aryl methyl sites for hydroxylation is 1. The molecule has 29 heavy (non-hydrogen) atoms. The van der Waals surface area contributed by atoms with Gasteiger partial charge in [0.2, 0.25) is 0 Å². The first kappa shape index (κ1) is 21.7. The number of halogens is 2. The first-order valence-electron chi connectivity index (χ1n) is 10.3. The Morgan fingerprint density at radius 1 is 1.14 bits per heavy atom. The fraction of sp³-hybridized carbons (Fsp3) is 0.391. The summed E-state index contributed by atoms with van der Waals surface area (Å²) >= 11 is 10.8. The predicted octanol–water partition coefficient (Wildman–Crippen LogP) is 6.21. The minimum Gasteiger partial charge on any atom is -0.0398 e. The predicted molar refractivity (Wildman–Crippen MR) is 125 cm³/mol. The van der Waals surface area contributed by atoms with Gasteiger partial charge in [0, 0.05) is 5.02 Å². The summed E-state index contributed by atoms with van der Waals surface area (Å²) in [5.41, 5.74) is 2.49. The number of hydrogen-bond donors (Lipinski definition) is 0. The topological polar surface area (TPSA) is 17.4 Å². The molecule has 1 unspecified atom stereocenters. The third-order valence-electron chi connectivity index (χ3n) is 5.74. The van der Waals surface area contributed by atoms with Crippen molar-refractivity contribution in [1.82, 2.24) is 7.28 Å². The molecular formula is C23H25BrClN2OTl. The number of para-hydroxylation sites is 1. The molecule has 3 nitrogen and oxygen atoms in total. The van der Waals surface area contributed by atoms with Crippen LogP contribution in [0.1, 0.15) is 31.4 Å². The van der Waals surface area contributed by atoms with Crippen molar-refractivity contribution in [2.75, 3.05) is 13.1 Å². The summed E-state index contributed by atoms with van der Waals surface area (Å²) < 4.78 is 12.3. The molecule has 2 aromatic carbocycles. The molecule has 6 heteroatoms. The van der Waals surface area contributed by atoms with Gasteiger partial charge in [-0.05, 0) is 12.1 Å². The fourth-order valence-corrected chi connectivity index (χ4v) is 6.92. The van der Waals surface area contributed by atoms with E-state index in [2.05, 4.69) is 47.5 Å². The van der Waals surface area contributed by atoms with Crippen LogP contribution in [0.15, 0.2) is 53.0 Å². The Labute approximate surface area is 202 Å². The van der Waals surface area contributed by atoms with Crippen molar-refractivity contribution in [2.45, 2.75) is 38.8 Å². The Balaban J connectivity index is 1.50. The molecule has 1 fully saturated rings. The van der Waals surface area contributed by atoms with E-state index in [0.29, 0.717) is 6.61 Å². The molecule has 150 valence electrons. The number of ether oxygens (including phenoxy) is 1. The van der Waals surface area contributed by atoms with Crippen LogP contribution < -0.4 is 4.74 Å². The Morgan fingerprint density at radius 2 is 1.93 bits per heavy atom. The number of aromatic nitrogens is 1. The molecular weight excluding hydrogens is 640 g/mol. The standard InChI is InChI=1S/C23H25BrClN2O.Tl/c24-23-20-7-1-2-8-21(20)27(14-4-6-17-5-3-13-26-15-17)22(23)16-28-19-11-9-18(25)10-12-19;/h1-2,7-12,17H,3-6,13-16H2;/q-1;+1. The molecule has 4 rings (SSSR count). The molecule has 0 N–H and O–H groups in total. The van der Waals surface area contributed by atoms with Crippen LogP contribution in [0.4, 0.5) is 0 Å². The second-order valence-electron chi connectivity index (χ2n) is 7.82. The molecule has 1 saturated heterocycles. The zero-order valence-corrected chi connectivity index (χ0v) is 23.3. The zero-order valence-electron chi connectivity index (χ0n) is 16.5. The quantitative estimate of drug-likeness (QED) is 0.280. The fourth-order valence-electron chi connectivity index (χ4n) is 4.26. The van der Waals surface area contributed by atoms with Gasteiger partial charge in [0.25, 0.3) is 0 Å². The number of rotatable bonds is 7. The van der Waals surface area contributed by atoms with Gasteiger partial charge in [0.05, 0.1) is 0 Å². The molecule has 3 aromatic rings. The third kappa shape index (κ3) is 5.38. The zero-order chi connectivity index (χ0) is 20.2. The van der Waals surface area contributed by atoms with Crippen molar-refractivity contribution in [2.24, 2.45) is 5.92 Å². The van der Waals surface area contributed by atoms with E-state index in [0.717, 1.165) is 53.8 Å². The van der Waals surface area contributed by atoms with Gasteiger partial charge in [0.15, 0.2) is 0 Å². The van der Waals surface area contributed by atoms with Gasteiger partial charge in [-0.3, -0.25) is 0 Å². The molecule has 2 heterocycles. The van der Waals surface area contributed by atoms with Gasteiger partial charge in [0.1, 0.15) is 0 Å². The van der Waals surface area contributed by atoms with Crippen LogP contribution in [0.3, 0.4) is 0 Å². The monoisotopic (exact) mass is 664 g/mol. The summed E-state index contributed by atoms with van der Waals surface area (Å²) in [6.45, 7) is 4.21. The Hall–Kier alpha value is -0.568. The summed E-state index contributed by atoms with van der Waals surface area (Å²) in [5, 5.41) is 1.98. The van der Waals surface area contributed by atoms with Gasteiger partial charge in [-0.25, -0.2) is 0 Å². The van der Waals surface area contributed by atoms with Crippen molar-refractivity contribution in [1.29, 1.82) is 0 Å². The number of fused-ring (bicyclic) bond motifs is 1. The van der Waals surface area contributed by atoms with Gasteiger partial charge in [-0.15, -0.1) is 0 Å². The second-order valence-corrected chi connectivity index (χ2v) is 11.9. The van der Waals surface area contributed by atoms with Crippen molar-refractivity contribution >= 4 is 64.5 Å². The average Bonchev–Trinajstić information content (AvgIpc) is 2.99.